The van der Waals surface area contributed by atoms with Crippen LogP contribution in [0.15, 0.2) is 36.3 Å². The van der Waals surface area contributed by atoms with E-state index in [1.165, 1.54) is 11.4 Å². The smallest absolute Gasteiger partial charge is 0.186 e. The standard InChI is InChI=1S/C11H15N2/c1-12-7-3-5-10(12)9-11-6-4-8-13(11)2/h3-4,7-9H,5-6H2,1-2H3/q+1. The molecule has 0 aliphatic carbocycles. The van der Waals surface area contributed by atoms with Crippen molar-refractivity contribution < 1.29 is 4.58 Å². The maximum absolute atomic E-state index is 2.28. The van der Waals surface area contributed by atoms with Gasteiger partial charge in [-0.05, 0) is 12.3 Å². The molecule has 0 fully saturated rings. The molecule has 2 aliphatic heterocycles. The third-order valence-electron chi connectivity index (χ3n) is 2.55. The summed E-state index contributed by atoms with van der Waals surface area (Å²) in [5, 5.41) is 0. The van der Waals surface area contributed by atoms with Gasteiger partial charge in [-0.1, -0.05) is 6.08 Å². The highest BCUT2D eigenvalue weighted by molar-refractivity contribution is 5.93. The first-order valence-corrected chi connectivity index (χ1v) is 4.63. The molecule has 2 aliphatic rings. The Bertz CT molecular complexity index is 332. The molecule has 0 atom stereocenters. The molecule has 0 aromatic heterocycles. The predicted molar refractivity (Wildman–Crippen MR) is 54.6 cm³/mol. The first-order valence-electron chi connectivity index (χ1n) is 4.63. The van der Waals surface area contributed by atoms with Crippen LogP contribution in [-0.2, 0) is 0 Å². The van der Waals surface area contributed by atoms with Gasteiger partial charge in [-0.15, -0.1) is 0 Å². The molecule has 13 heavy (non-hydrogen) atoms. The van der Waals surface area contributed by atoms with Crippen LogP contribution in [-0.4, -0.2) is 29.3 Å². The van der Waals surface area contributed by atoms with Gasteiger partial charge in [-0.2, -0.15) is 0 Å². The maximum atomic E-state index is 2.28. The fourth-order valence-corrected chi connectivity index (χ4v) is 1.66. The summed E-state index contributed by atoms with van der Waals surface area (Å²) in [7, 11) is 4.19. The fraction of sp³-hybridized carbons (Fsp3) is 0.364. The van der Waals surface area contributed by atoms with E-state index in [1.807, 2.05) is 0 Å². The zero-order valence-corrected chi connectivity index (χ0v) is 8.20. The average Bonchev–Trinajstić information content (AvgIpc) is 2.65. The van der Waals surface area contributed by atoms with E-state index in [0.717, 1.165) is 12.8 Å². The van der Waals surface area contributed by atoms with Gasteiger partial charge in [0.05, 0.1) is 6.42 Å². The Labute approximate surface area is 79.2 Å². The summed E-state index contributed by atoms with van der Waals surface area (Å²) in [5.74, 6) is 0. The van der Waals surface area contributed by atoms with Gasteiger partial charge >= 0.3 is 0 Å². The van der Waals surface area contributed by atoms with E-state index in [1.54, 1.807) is 0 Å². The third kappa shape index (κ3) is 1.57. The Hall–Kier alpha value is -1.31. The van der Waals surface area contributed by atoms with Gasteiger partial charge in [0.25, 0.3) is 0 Å². The van der Waals surface area contributed by atoms with Crippen LogP contribution in [0.4, 0.5) is 0 Å². The summed E-state index contributed by atoms with van der Waals surface area (Å²) < 4.78 is 2.18. The van der Waals surface area contributed by atoms with E-state index in [-0.39, 0.29) is 0 Å². The lowest BCUT2D eigenvalue weighted by Crippen LogP contribution is -2.10. The lowest BCUT2D eigenvalue weighted by atomic mass is 10.2. The first-order chi connectivity index (χ1) is 6.27. The molecule has 0 radical (unpaired) electrons. The lowest BCUT2D eigenvalue weighted by molar-refractivity contribution is -0.418. The third-order valence-corrected chi connectivity index (χ3v) is 2.55. The van der Waals surface area contributed by atoms with E-state index in [0.29, 0.717) is 0 Å². The van der Waals surface area contributed by atoms with Gasteiger partial charge in [0, 0.05) is 25.2 Å². The lowest BCUT2D eigenvalue weighted by Gasteiger charge is -2.09. The second kappa shape index (κ2) is 3.21. The molecule has 0 saturated heterocycles. The number of allylic oxidation sites excluding steroid dienone is 3. The molecule has 0 spiro atoms. The van der Waals surface area contributed by atoms with Crippen molar-refractivity contribution in [1.29, 1.82) is 0 Å². The van der Waals surface area contributed by atoms with Crippen LogP contribution in [0.5, 0.6) is 0 Å². The highest BCUT2D eigenvalue weighted by atomic mass is 15.1. The molecule has 0 bridgehead atoms. The quantitative estimate of drug-likeness (QED) is 0.550. The van der Waals surface area contributed by atoms with Crippen LogP contribution in [0.2, 0.25) is 0 Å². The summed E-state index contributed by atoms with van der Waals surface area (Å²) >= 11 is 0. The Morgan fingerprint density at radius 1 is 1.38 bits per heavy atom. The van der Waals surface area contributed by atoms with Crippen molar-refractivity contribution in [3.05, 3.63) is 36.3 Å². The minimum absolute atomic E-state index is 1.06. The summed E-state index contributed by atoms with van der Waals surface area (Å²) in [6.07, 6.45) is 13.0. The molecule has 0 N–H and O–H groups in total. The SMILES string of the molecule is CN1C=CCC1=CC1=[N+](C)C=CC1. The summed E-state index contributed by atoms with van der Waals surface area (Å²) in [5.41, 5.74) is 2.76. The molecular weight excluding hydrogens is 160 g/mol. The van der Waals surface area contributed by atoms with E-state index >= 15 is 0 Å². The van der Waals surface area contributed by atoms with E-state index < -0.39 is 0 Å². The molecule has 0 aromatic carbocycles. The number of hydrogen-bond donors (Lipinski definition) is 0. The minimum atomic E-state index is 1.06. The van der Waals surface area contributed by atoms with Gasteiger partial charge in [-0.3, -0.25) is 0 Å². The molecule has 2 rings (SSSR count). The Morgan fingerprint density at radius 3 is 2.77 bits per heavy atom. The highest BCUT2D eigenvalue weighted by Gasteiger charge is 2.14. The molecule has 2 nitrogen and oxygen atoms in total. The molecule has 0 amide bonds. The maximum Gasteiger partial charge on any atom is 0.186 e. The second-order valence-electron chi connectivity index (χ2n) is 3.53. The molecule has 2 heteroatoms. The average molecular weight is 175 g/mol. The van der Waals surface area contributed by atoms with Gasteiger partial charge in [0.1, 0.15) is 7.05 Å². The second-order valence-corrected chi connectivity index (χ2v) is 3.53. The number of hydrogen-bond acceptors (Lipinski definition) is 1. The van der Waals surface area contributed by atoms with Crippen LogP contribution in [0.3, 0.4) is 0 Å². The highest BCUT2D eigenvalue weighted by Crippen LogP contribution is 2.16. The summed E-state index contributed by atoms with van der Waals surface area (Å²) in [4.78, 5) is 2.18. The molecule has 0 aromatic rings. The summed E-state index contributed by atoms with van der Waals surface area (Å²) in [6, 6.07) is 0. The monoisotopic (exact) mass is 175 g/mol. The van der Waals surface area contributed by atoms with E-state index in [2.05, 4.69) is 54.2 Å². The summed E-state index contributed by atoms with van der Waals surface area (Å²) in [6.45, 7) is 0. The topological polar surface area (TPSA) is 6.25 Å². The van der Waals surface area contributed by atoms with E-state index in [9.17, 15) is 0 Å². The Morgan fingerprint density at radius 2 is 2.23 bits per heavy atom. The van der Waals surface area contributed by atoms with E-state index in [4.69, 9.17) is 0 Å². The largest absolute Gasteiger partial charge is 0.354 e. The van der Waals surface area contributed by atoms with Gasteiger partial charge in [-0.25, -0.2) is 4.58 Å². The van der Waals surface area contributed by atoms with Crippen LogP contribution in [0, 0.1) is 0 Å². The zero-order chi connectivity index (χ0) is 9.26. The Kier molecular flexibility index (Phi) is 2.05. The van der Waals surface area contributed by atoms with Gasteiger partial charge < -0.3 is 4.90 Å². The van der Waals surface area contributed by atoms with Crippen LogP contribution in [0.1, 0.15) is 12.8 Å². The van der Waals surface area contributed by atoms with Crippen LogP contribution in [0.25, 0.3) is 0 Å². The van der Waals surface area contributed by atoms with Gasteiger partial charge in [0.15, 0.2) is 11.9 Å². The van der Waals surface area contributed by atoms with Crippen LogP contribution >= 0.6 is 0 Å². The molecule has 68 valence electrons. The van der Waals surface area contributed by atoms with Crippen molar-refractivity contribution >= 4 is 5.71 Å². The predicted octanol–water partition coefficient (Wildman–Crippen LogP) is 1.72. The molecule has 0 unspecified atom stereocenters. The zero-order valence-electron chi connectivity index (χ0n) is 8.20. The Balaban J connectivity index is 2.17. The first kappa shape index (κ1) is 8.30. The van der Waals surface area contributed by atoms with Crippen molar-refractivity contribution in [3.63, 3.8) is 0 Å². The van der Waals surface area contributed by atoms with Crippen molar-refractivity contribution in [2.45, 2.75) is 12.8 Å². The molecule has 0 saturated carbocycles. The number of rotatable bonds is 1. The van der Waals surface area contributed by atoms with Crippen molar-refractivity contribution in [1.82, 2.24) is 4.90 Å². The molecule has 2 heterocycles. The van der Waals surface area contributed by atoms with Gasteiger partial charge in [0.2, 0.25) is 0 Å². The van der Waals surface area contributed by atoms with Crippen molar-refractivity contribution in [2.24, 2.45) is 0 Å². The van der Waals surface area contributed by atoms with Crippen LogP contribution < -0.4 is 0 Å². The normalized spacial score (nSPS) is 24.2. The fourth-order valence-electron chi connectivity index (χ4n) is 1.66. The minimum Gasteiger partial charge on any atom is -0.354 e. The van der Waals surface area contributed by atoms with Crippen molar-refractivity contribution in [2.75, 3.05) is 14.1 Å². The number of nitrogens with zero attached hydrogens (tertiary/aromatic N) is 2. The van der Waals surface area contributed by atoms with Crippen molar-refractivity contribution in [3.8, 4) is 0 Å². The molecular formula is C11H15N2+.